The first-order valence-corrected chi connectivity index (χ1v) is 6.89. The minimum atomic E-state index is -0.536. The summed E-state index contributed by atoms with van der Waals surface area (Å²) >= 11 is 0. The van der Waals surface area contributed by atoms with Gasteiger partial charge in [0.05, 0.1) is 6.61 Å². The minimum absolute atomic E-state index is 0.181. The monoisotopic (exact) mass is 284 g/mol. The molecule has 0 aliphatic heterocycles. The molecular formula is C17H20N2O2. The van der Waals surface area contributed by atoms with Gasteiger partial charge in [0.2, 0.25) is 0 Å². The standard InChI is InChI=1S/C17H20N2O2/c1-12-8-9-15(18)10-16(12)19-17(20)13(2)21-11-14-6-4-3-5-7-14/h3-10,13H,11,18H2,1-2H3,(H,19,20). The Morgan fingerprint density at radius 1 is 1.24 bits per heavy atom. The van der Waals surface area contributed by atoms with E-state index in [1.807, 2.05) is 43.3 Å². The molecule has 0 saturated carbocycles. The van der Waals surface area contributed by atoms with Crippen molar-refractivity contribution in [2.24, 2.45) is 0 Å². The smallest absolute Gasteiger partial charge is 0.253 e. The molecule has 3 N–H and O–H groups in total. The molecule has 4 nitrogen and oxygen atoms in total. The van der Waals surface area contributed by atoms with Gasteiger partial charge in [-0.25, -0.2) is 0 Å². The largest absolute Gasteiger partial charge is 0.399 e. The Morgan fingerprint density at radius 3 is 2.67 bits per heavy atom. The van der Waals surface area contributed by atoms with Crippen LogP contribution in [0.15, 0.2) is 48.5 Å². The molecule has 0 heterocycles. The summed E-state index contributed by atoms with van der Waals surface area (Å²) in [6, 6.07) is 15.2. The highest BCUT2D eigenvalue weighted by Crippen LogP contribution is 2.18. The number of nitrogens with two attached hydrogens (primary N) is 1. The minimum Gasteiger partial charge on any atom is -0.399 e. The molecule has 1 unspecified atom stereocenters. The Balaban J connectivity index is 1.92. The van der Waals surface area contributed by atoms with Gasteiger partial charge >= 0.3 is 0 Å². The Bertz CT molecular complexity index is 611. The molecule has 0 aliphatic rings. The highest BCUT2D eigenvalue weighted by molar-refractivity contribution is 5.95. The van der Waals surface area contributed by atoms with E-state index in [-0.39, 0.29) is 5.91 Å². The molecular weight excluding hydrogens is 264 g/mol. The first-order valence-electron chi connectivity index (χ1n) is 6.89. The summed E-state index contributed by atoms with van der Waals surface area (Å²) in [5.74, 6) is -0.181. The molecule has 1 amide bonds. The van der Waals surface area contributed by atoms with Gasteiger partial charge in [-0.3, -0.25) is 4.79 Å². The third kappa shape index (κ3) is 4.33. The zero-order valence-electron chi connectivity index (χ0n) is 12.3. The summed E-state index contributed by atoms with van der Waals surface area (Å²) in [4.78, 5) is 12.1. The summed E-state index contributed by atoms with van der Waals surface area (Å²) in [6.07, 6.45) is -0.536. The Hall–Kier alpha value is -2.33. The fourth-order valence-electron chi connectivity index (χ4n) is 1.88. The van der Waals surface area contributed by atoms with Gasteiger partial charge in [-0.2, -0.15) is 0 Å². The van der Waals surface area contributed by atoms with E-state index in [0.29, 0.717) is 12.3 Å². The normalized spacial score (nSPS) is 11.9. The zero-order valence-corrected chi connectivity index (χ0v) is 12.3. The molecule has 0 bridgehead atoms. The molecule has 0 aromatic heterocycles. The average Bonchev–Trinajstić information content (AvgIpc) is 2.49. The number of rotatable bonds is 5. The third-order valence-corrected chi connectivity index (χ3v) is 3.23. The maximum atomic E-state index is 12.1. The summed E-state index contributed by atoms with van der Waals surface area (Å²) in [6.45, 7) is 4.07. The van der Waals surface area contributed by atoms with E-state index >= 15 is 0 Å². The Morgan fingerprint density at radius 2 is 1.95 bits per heavy atom. The first-order chi connectivity index (χ1) is 10.1. The van der Waals surface area contributed by atoms with E-state index in [1.165, 1.54) is 0 Å². The molecule has 0 spiro atoms. The number of nitrogen functional groups attached to an aromatic ring is 1. The highest BCUT2D eigenvalue weighted by Gasteiger charge is 2.14. The van der Waals surface area contributed by atoms with Crippen molar-refractivity contribution in [3.8, 4) is 0 Å². The lowest BCUT2D eigenvalue weighted by molar-refractivity contribution is -0.127. The predicted molar refractivity (Wildman–Crippen MR) is 84.9 cm³/mol. The van der Waals surface area contributed by atoms with Gasteiger partial charge in [0, 0.05) is 11.4 Å². The molecule has 0 radical (unpaired) electrons. The SMILES string of the molecule is Cc1ccc(N)cc1NC(=O)C(C)OCc1ccccc1. The number of hydrogen-bond donors (Lipinski definition) is 2. The summed E-state index contributed by atoms with van der Waals surface area (Å²) in [5.41, 5.74) is 9.07. The predicted octanol–water partition coefficient (Wildman–Crippen LogP) is 3.12. The van der Waals surface area contributed by atoms with Crippen molar-refractivity contribution in [1.29, 1.82) is 0 Å². The van der Waals surface area contributed by atoms with E-state index in [4.69, 9.17) is 10.5 Å². The van der Waals surface area contributed by atoms with Gasteiger partial charge in [0.25, 0.3) is 5.91 Å². The van der Waals surface area contributed by atoms with E-state index in [1.54, 1.807) is 19.1 Å². The van der Waals surface area contributed by atoms with Crippen LogP contribution in [0.4, 0.5) is 11.4 Å². The van der Waals surface area contributed by atoms with Crippen LogP contribution in [0.3, 0.4) is 0 Å². The lowest BCUT2D eigenvalue weighted by Crippen LogP contribution is -2.28. The maximum Gasteiger partial charge on any atom is 0.253 e. The van der Waals surface area contributed by atoms with Crippen LogP contribution in [0.2, 0.25) is 0 Å². The Kier molecular flexibility index (Phi) is 4.95. The fraction of sp³-hybridized carbons (Fsp3) is 0.235. The van der Waals surface area contributed by atoms with Crippen LogP contribution >= 0.6 is 0 Å². The second kappa shape index (κ2) is 6.90. The quantitative estimate of drug-likeness (QED) is 0.829. The van der Waals surface area contributed by atoms with E-state index in [9.17, 15) is 4.79 Å². The molecule has 110 valence electrons. The number of benzene rings is 2. The second-order valence-electron chi connectivity index (χ2n) is 5.00. The lowest BCUT2D eigenvalue weighted by Gasteiger charge is -2.15. The second-order valence-corrected chi connectivity index (χ2v) is 5.00. The summed E-state index contributed by atoms with van der Waals surface area (Å²) in [5, 5.41) is 2.84. The molecule has 1 atom stereocenters. The van der Waals surface area contributed by atoms with Crippen molar-refractivity contribution >= 4 is 17.3 Å². The van der Waals surface area contributed by atoms with Crippen molar-refractivity contribution in [1.82, 2.24) is 0 Å². The number of nitrogens with one attached hydrogen (secondary N) is 1. The van der Waals surface area contributed by atoms with Crippen molar-refractivity contribution in [3.05, 3.63) is 59.7 Å². The molecule has 4 heteroatoms. The molecule has 2 aromatic carbocycles. The lowest BCUT2D eigenvalue weighted by atomic mass is 10.1. The van der Waals surface area contributed by atoms with E-state index in [0.717, 1.165) is 16.8 Å². The summed E-state index contributed by atoms with van der Waals surface area (Å²) in [7, 11) is 0. The van der Waals surface area contributed by atoms with Crippen LogP contribution in [0, 0.1) is 6.92 Å². The van der Waals surface area contributed by atoms with Gasteiger partial charge in [-0.05, 0) is 37.1 Å². The number of hydrogen-bond acceptors (Lipinski definition) is 3. The fourth-order valence-corrected chi connectivity index (χ4v) is 1.88. The van der Waals surface area contributed by atoms with Crippen LogP contribution in [0.25, 0.3) is 0 Å². The van der Waals surface area contributed by atoms with Crippen molar-refractivity contribution in [3.63, 3.8) is 0 Å². The van der Waals surface area contributed by atoms with Gasteiger partial charge in [-0.1, -0.05) is 36.4 Å². The number of aryl methyl sites for hydroxylation is 1. The highest BCUT2D eigenvalue weighted by atomic mass is 16.5. The van der Waals surface area contributed by atoms with Crippen LogP contribution in [-0.2, 0) is 16.1 Å². The van der Waals surface area contributed by atoms with Gasteiger partial charge < -0.3 is 15.8 Å². The van der Waals surface area contributed by atoms with Crippen LogP contribution in [0.5, 0.6) is 0 Å². The number of carbonyl (C=O) groups is 1. The number of ether oxygens (including phenoxy) is 1. The molecule has 2 aromatic rings. The first kappa shape index (κ1) is 15.1. The van der Waals surface area contributed by atoms with Gasteiger partial charge in [0.15, 0.2) is 0 Å². The molecule has 0 saturated heterocycles. The molecule has 0 fully saturated rings. The number of anilines is 2. The van der Waals surface area contributed by atoms with Crippen molar-refractivity contribution in [2.45, 2.75) is 26.6 Å². The van der Waals surface area contributed by atoms with Crippen LogP contribution < -0.4 is 11.1 Å². The zero-order chi connectivity index (χ0) is 15.2. The molecule has 2 rings (SSSR count). The maximum absolute atomic E-state index is 12.1. The molecule has 21 heavy (non-hydrogen) atoms. The van der Waals surface area contributed by atoms with Crippen molar-refractivity contribution in [2.75, 3.05) is 11.1 Å². The number of amides is 1. The van der Waals surface area contributed by atoms with Gasteiger partial charge in [0.1, 0.15) is 6.10 Å². The number of carbonyl (C=O) groups excluding carboxylic acids is 1. The topological polar surface area (TPSA) is 64.3 Å². The van der Waals surface area contributed by atoms with Crippen LogP contribution in [0.1, 0.15) is 18.1 Å². The van der Waals surface area contributed by atoms with E-state index in [2.05, 4.69) is 5.32 Å². The average molecular weight is 284 g/mol. The summed E-state index contributed by atoms with van der Waals surface area (Å²) < 4.78 is 5.59. The third-order valence-electron chi connectivity index (χ3n) is 3.23. The van der Waals surface area contributed by atoms with Gasteiger partial charge in [-0.15, -0.1) is 0 Å². The van der Waals surface area contributed by atoms with Crippen LogP contribution in [-0.4, -0.2) is 12.0 Å². The van der Waals surface area contributed by atoms with Crippen molar-refractivity contribution < 1.29 is 9.53 Å². The molecule has 0 aliphatic carbocycles. The Labute approximate surface area is 124 Å². The van der Waals surface area contributed by atoms with E-state index < -0.39 is 6.10 Å².